The molecule has 26 heavy (non-hydrogen) atoms. The fraction of sp³-hybridized carbons (Fsp3) is 0.556. The highest BCUT2D eigenvalue weighted by atomic mass is 32.2. The molecule has 0 bridgehead atoms. The van der Waals surface area contributed by atoms with Gasteiger partial charge in [0, 0.05) is 39.0 Å². The molecule has 3 rings (SSSR count). The Hall–Kier alpha value is -1.96. The molecule has 2 aliphatic heterocycles. The van der Waals surface area contributed by atoms with Crippen LogP contribution in [0, 0.1) is 5.82 Å². The number of likely N-dealkylation sites (tertiary alicyclic amines) is 1. The van der Waals surface area contributed by atoms with Crippen LogP contribution in [0.15, 0.2) is 24.3 Å². The molecule has 1 N–H and O–H groups in total. The van der Waals surface area contributed by atoms with Crippen LogP contribution in [0.5, 0.6) is 0 Å². The zero-order valence-electron chi connectivity index (χ0n) is 14.9. The predicted octanol–water partition coefficient (Wildman–Crippen LogP) is 1.83. The quantitative estimate of drug-likeness (QED) is 0.865. The minimum Gasteiger partial charge on any atom is -0.338 e. The summed E-state index contributed by atoms with van der Waals surface area (Å²) in [5.74, 6) is -0.527. The first kappa shape index (κ1) is 18.8. The highest BCUT2D eigenvalue weighted by Gasteiger charge is 2.53. The van der Waals surface area contributed by atoms with Gasteiger partial charge < -0.3 is 15.1 Å². The average Bonchev–Trinajstić information content (AvgIpc) is 2.84. The Kier molecular flexibility index (Phi) is 5.60. The lowest BCUT2D eigenvalue weighted by atomic mass is 10.0. The third kappa shape index (κ3) is 3.60. The van der Waals surface area contributed by atoms with E-state index in [1.54, 1.807) is 21.9 Å². The van der Waals surface area contributed by atoms with Crippen LogP contribution in [0.1, 0.15) is 31.7 Å². The van der Waals surface area contributed by atoms with Crippen molar-refractivity contribution in [2.45, 2.75) is 37.6 Å². The topological polar surface area (TPSA) is 69.7 Å². The number of halogens is 1. The summed E-state index contributed by atoms with van der Waals surface area (Å²) in [6, 6.07) is 6.01. The lowest BCUT2D eigenvalue weighted by Crippen LogP contribution is -2.56. The van der Waals surface area contributed by atoms with Gasteiger partial charge in [-0.15, -0.1) is 0 Å². The van der Waals surface area contributed by atoms with Gasteiger partial charge in [0.1, 0.15) is 16.4 Å². The Bertz CT molecular complexity index is 719. The van der Waals surface area contributed by atoms with E-state index in [1.807, 2.05) is 6.92 Å². The SMILES string of the molecule is CCCNC(=O)N1CCC2(CC1)N(Cc1cccc(F)c1)C(=O)CS2=O. The maximum absolute atomic E-state index is 13.5. The second-order valence-corrected chi connectivity index (χ2v) is 8.50. The summed E-state index contributed by atoms with van der Waals surface area (Å²) in [6.07, 6.45) is 1.81. The minimum absolute atomic E-state index is 0.00263. The molecule has 8 heteroatoms. The number of rotatable bonds is 4. The number of carbonyl (C=O) groups is 2. The van der Waals surface area contributed by atoms with Crippen LogP contribution < -0.4 is 5.32 Å². The summed E-state index contributed by atoms with van der Waals surface area (Å²) in [5, 5.41) is 2.85. The van der Waals surface area contributed by atoms with Gasteiger partial charge in [0.15, 0.2) is 0 Å². The van der Waals surface area contributed by atoms with Gasteiger partial charge in [0.25, 0.3) is 0 Å². The number of hydrogen-bond donors (Lipinski definition) is 1. The number of hydrogen-bond acceptors (Lipinski definition) is 3. The fourth-order valence-electron chi connectivity index (χ4n) is 3.63. The zero-order chi connectivity index (χ0) is 18.7. The van der Waals surface area contributed by atoms with Gasteiger partial charge in [0.2, 0.25) is 5.91 Å². The molecule has 1 aromatic rings. The van der Waals surface area contributed by atoms with E-state index in [-0.39, 0.29) is 30.1 Å². The maximum atomic E-state index is 13.5. The average molecular weight is 381 g/mol. The summed E-state index contributed by atoms with van der Waals surface area (Å²) in [5.41, 5.74) is 0.680. The van der Waals surface area contributed by atoms with E-state index in [2.05, 4.69) is 5.32 Å². The Morgan fingerprint density at radius 3 is 2.73 bits per heavy atom. The fourth-order valence-corrected chi connectivity index (χ4v) is 5.32. The van der Waals surface area contributed by atoms with Crippen molar-refractivity contribution < 1.29 is 18.2 Å². The number of nitrogens with zero attached hydrogens (tertiary/aromatic N) is 2. The van der Waals surface area contributed by atoms with Crippen LogP contribution in [0.2, 0.25) is 0 Å². The van der Waals surface area contributed by atoms with E-state index in [0.29, 0.717) is 38.0 Å². The van der Waals surface area contributed by atoms with Gasteiger partial charge in [-0.25, -0.2) is 9.18 Å². The number of nitrogens with one attached hydrogen (secondary N) is 1. The summed E-state index contributed by atoms with van der Waals surface area (Å²) >= 11 is 0. The Morgan fingerprint density at radius 1 is 1.35 bits per heavy atom. The van der Waals surface area contributed by atoms with Crippen LogP contribution in [-0.4, -0.2) is 56.2 Å². The van der Waals surface area contributed by atoms with Crippen molar-refractivity contribution in [3.8, 4) is 0 Å². The summed E-state index contributed by atoms with van der Waals surface area (Å²) in [4.78, 5) is 27.2. The highest BCUT2D eigenvalue weighted by molar-refractivity contribution is 7.87. The second kappa shape index (κ2) is 7.73. The summed E-state index contributed by atoms with van der Waals surface area (Å²) in [7, 11) is -1.32. The third-order valence-corrected chi connectivity index (χ3v) is 7.04. The third-order valence-electron chi connectivity index (χ3n) is 5.06. The van der Waals surface area contributed by atoms with E-state index in [0.717, 1.165) is 6.42 Å². The van der Waals surface area contributed by atoms with Crippen LogP contribution in [-0.2, 0) is 22.1 Å². The molecule has 0 radical (unpaired) electrons. The van der Waals surface area contributed by atoms with Crippen LogP contribution in [0.4, 0.5) is 9.18 Å². The molecule has 2 fully saturated rings. The standard InChI is InChI=1S/C18H24FN3O3S/c1-2-8-20-17(24)21-9-6-18(7-10-21)22(16(23)13-26(18)25)12-14-4-3-5-15(19)11-14/h3-5,11H,2,6-10,12-13H2,1H3,(H,20,24). The van der Waals surface area contributed by atoms with E-state index in [1.165, 1.54) is 12.1 Å². The lowest BCUT2D eigenvalue weighted by molar-refractivity contribution is -0.131. The van der Waals surface area contributed by atoms with Gasteiger partial charge >= 0.3 is 6.03 Å². The largest absolute Gasteiger partial charge is 0.338 e. The highest BCUT2D eigenvalue weighted by Crippen LogP contribution is 2.38. The van der Waals surface area contributed by atoms with E-state index >= 15 is 0 Å². The Labute approximate surface area is 155 Å². The molecule has 0 aliphatic carbocycles. The number of amides is 3. The number of urea groups is 1. The smallest absolute Gasteiger partial charge is 0.317 e. The molecule has 142 valence electrons. The Balaban J connectivity index is 1.73. The molecular weight excluding hydrogens is 357 g/mol. The van der Waals surface area contributed by atoms with Crippen molar-refractivity contribution >= 4 is 22.7 Å². The molecule has 2 heterocycles. The van der Waals surface area contributed by atoms with Crippen molar-refractivity contribution in [2.24, 2.45) is 0 Å². The molecule has 3 amide bonds. The van der Waals surface area contributed by atoms with Crippen LogP contribution >= 0.6 is 0 Å². The second-order valence-electron chi connectivity index (χ2n) is 6.76. The molecule has 1 atom stereocenters. The monoisotopic (exact) mass is 381 g/mol. The van der Waals surface area contributed by atoms with Gasteiger partial charge in [-0.3, -0.25) is 9.00 Å². The van der Waals surface area contributed by atoms with Crippen molar-refractivity contribution in [3.05, 3.63) is 35.6 Å². The summed E-state index contributed by atoms with van der Waals surface area (Å²) < 4.78 is 26.2. The maximum Gasteiger partial charge on any atom is 0.317 e. The first-order valence-electron chi connectivity index (χ1n) is 8.92. The van der Waals surface area contributed by atoms with Crippen molar-refractivity contribution in [1.29, 1.82) is 0 Å². The molecule has 1 spiro atoms. The first-order valence-corrected chi connectivity index (χ1v) is 10.2. The van der Waals surface area contributed by atoms with Crippen molar-refractivity contribution in [1.82, 2.24) is 15.1 Å². The van der Waals surface area contributed by atoms with Gasteiger partial charge in [0.05, 0.1) is 10.8 Å². The molecule has 2 saturated heterocycles. The molecule has 0 aromatic heterocycles. The van der Waals surface area contributed by atoms with Gasteiger partial charge in [-0.2, -0.15) is 0 Å². The molecule has 1 aromatic carbocycles. The first-order chi connectivity index (χ1) is 12.5. The molecule has 2 aliphatic rings. The molecular formula is C18H24FN3O3S. The van der Waals surface area contributed by atoms with Gasteiger partial charge in [-0.1, -0.05) is 19.1 Å². The number of piperidine rings is 1. The Morgan fingerprint density at radius 2 is 2.08 bits per heavy atom. The molecule has 1 unspecified atom stereocenters. The van der Waals surface area contributed by atoms with E-state index < -0.39 is 15.7 Å². The molecule has 0 saturated carbocycles. The minimum atomic E-state index is -1.32. The van der Waals surface area contributed by atoms with E-state index in [4.69, 9.17) is 0 Å². The van der Waals surface area contributed by atoms with Crippen molar-refractivity contribution in [2.75, 3.05) is 25.4 Å². The molecule has 6 nitrogen and oxygen atoms in total. The zero-order valence-corrected chi connectivity index (χ0v) is 15.7. The number of carbonyl (C=O) groups excluding carboxylic acids is 2. The predicted molar refractivity (Wildman–Crippen MR) is 97.2 cm³/mol. The van der Waals surface area contributed by atoms with Crippen LogP contribution in [0.3, 0.4) is 0 Å². The van der Waals surface area contributed by atoms with Gasteiger partial charge in [-0.05, 0) is 24.1 Å². The summed E-state index contributed by atoms with van der Waals surface area (Å²) in [6.45, 7) is 3.76. The van der Waals surface area contributed by atoms with Crippen LogP contribution in [0.25, 0.3) is 0 Å². The lowest BCUT2D eigenvalue weighted by Gasteiger charge is -2.43. The normalized spacial score (nSPS) is 22.1. The van der Waals surface area contributed by atoms with Crippen molar-refractivity contribution in [3.63, 3.8) is 0 Å². The van der Waals surface area contributed by atoms with E-state index in [9.17, 15) is 18.2 Å². The number of benzene rings is 1.